The zero-order valence-electron chi connectivity index (χ0n) is 11.5. The van der Waals surface area contributed by atoms with Crippen LogP contribution in [-0.4, -0.2) is 52.9 Å². The van der Waals surface area contributed by atoms with Gasteiger partial charge in [-0.05, 0) is 13.8 Å². The lowest BCUT2D eigenvalue weighted by atomic mass is 10.3. The molecule has 0 radical (unpaired) electrons. The maximum Gasteiger partial charge on any atom is 0.246 e. The van der Waals surface area contributed by atoms with Crippen LogP contribution in [0.15, 0.2) is 0 Å². The Morgan fingerprint density at radius 1 is 1.15 bits per heavy atom. The van der Waals surface area contributed by atoms with Crippen molar-refractivity contribution < 1.29 is 9.59 Å². The van der Waals surface area contributed by atoms with E-state index < -0.39 is 0 Å². The predicted octanol–water partition coefficient (Wildman–Crippen LogP) is -1.24. The molecule has 1 aromatic heterocycles. The van der Waals surface area contributed by atoms with E-state index in [9.17, 15) is 9.59 Å². The van der Waals surface area contributed by atoms with E-state index in [1.807, 2.05) is 18.7 Å². The van der Waals surface area contributed by atoms with Crippen LogP contribution in [0.2, 0.25) is 0 Å². The standard InChI is InChI=1S/C11H17N7O2/c1-3-17(4-2)10-14-9(12)15-11(16-10)18-5-7(19)13-8(20)6-18/h3-6H2,1-2H3,(H,13,19,20)(H2,12,14,15,16). The third-order valence-electron chi connectivity index (χ3n) is 2.91. The molecule has 0 unspecified atom stereocenters. The normalized spacial score (nSPS) is 15.2. The van der Waals surface area contributed by atoms with Crippen LogP contribution in [0.4, 0.5) is 17.8 Å². The van der Waals surface area contributed by atoms with Gasteiger partial charge in [0, 0.05) is 13.1 Å². The molecule has 0 bridgehead atoms. The Kier molecular flexibility index (Phi) is 3.97. The number of nitrogens with two attached hydrogens (primary N) is 1. The quantitative estimate of drug-likeness (QED) is 0.657. The van der Waals surface area contributed by atoms with Crippen molar-refractivity contribution in [3.8, 4) is 0 Å². The first-order valence-electron chi connectivity index (χ1n) is 6.37. The molecule has 9 heteroatoms. The highest BCUT2D eigenvalue weighted by Gasteiger charge is 2.25. The molecule has 1 saturated heterocycles. The van der Waals surface area contributed by atoms with Crippen molar-refractivity contribution in [2.75, 3.05) is 41.7 Å². The van der Waals surface area contributed by atoms with Crippen LogP contribution < -0.4 is 20.9 Å². The van der Waals surface area contributed by atoms with Crippen molar-refractivity contribution in [3.63, 3.8) is 0 Å². The Morgan fingerprint density at radius 2 is 1.75 bits per heavy atom. The average Bonchev–Trinajstić information content (AvgIpc) is 2.38. The molecule has 2 heterocycles. The predicted molar refractivity (Wildman–Crippen MR) is 73.2 cm³/mol. The molecular weight excluding hydrogens is 262 g/mol. The maximum absolute atomic E-state index is 11.4. The molecule has 2 rings (SSSR count). The second-order valence-electron chi connectivity index (χ2n) is 4.29. The zero-order valence-corrected chi connectivity index (χ0v) is 11.5. The number of nitrogens with zero attached hydrogens (tertiary/aromatic N) is 5. The number of hydrogen-bond donors (Lipinski definition) is 2. The highest BCUT2D eigenvalue weighted by Crippen LogP contribution is 2.15. The summed E-state index contributed by atoms with van der Waals surface area (Å²) in [5.41, 5.74) is 5.68. The maximum atomic E-state index is 11.4. The Balaban J connectivity index is 2.31. The number of carbonyl (C=O) groups is 2. The Labute approximate surface area is 116 Å². The fraction of sp³-hybridized carbons (Fsp3) is 0.545. The monoisotopic (exact) mass is 279 g/mol. The third kappa shape index (κ3) is 2.92. The van der Waals surface area contributed by atoms with Crippen molar-refractivity contribution in [2.45, 2.75) is 13.8 Å². The van der Waals surface area contributed by atoms with Crippen LogP contribution >= 0.6 is 0 Å². The minimum atomic E-state index is -0.385. The summed E-state index contributed by atoms with van der Waals surface area (Å²) in [6.07, 6.45) is 0. The molecule has 20 heavy (non-hydrogen) atoms. The number of rotatable bonds is 4. The molecule has 1 aromatic rings. The van der Waals surface area contributed by atoms with Crippen molar-refractivity contribution >= 4 is 29.7 Å². The van der Waals surface area contributed by atoms with Crippen LogP contribution in [0.3, 0.4) is 0 Å². The molecule has 0 saturated carbocycles. The summed E-state index contributed by atoms with van der Waals surface area (Å²) in [4.78, 5) is 38.5. The van der Waals surface area contributed by atoms with Crippen molar-refractivity contribution in [3.05, 3.63) is 0 Å². The van der Waals surface area contributed by atoms with Gasteiger partial charge in [-0.1, -0.05) is 0 Å². The van der Waals surface area contributed by atoms with E-state index in [1.165, 1.54) is 4.90 Å². The number of nitrogens with one attached hydrogen (secondary N) is 1. The van der Waals surface area contributed by atoms with Crippen molar-refractivity contribution in [2.24, 2.45) is 0 Å². The van der Waals surface area contributed by atoms with Crippen molar-refractivity contribution in [1.82, 2.24) is 20.3 Å². The van der Waals surface area contributed by atoms with E-state index in [4.69, 9.17) is 5.73 Å². The molecule has 0 spiro atoms. The van der Waals surface area contributed by atoms with Crippen LogP contribution in [0.1, 0.15) is 13.8 Å². The number of carbonyl (C=O) groups excluding carboxylic acids is 2. The van der Waals surface area contributed by atoms with Crippen LogP contribution in [0.25, 0.3) is 0 Å². The van der Waals surface area contributed by atoms with Gasteiger partial charge in [-0.3, -0.25) is 14.9 Å². The minimum absolute atomic E-state index is 0.0207. The minimum Gasteiger partial charge on any atom is -0.368 e. The van der Waals surface area contributed by atoms with Crippen LogP contribution in [0, 0.1) is 0 Å². The largest absolute Gasteiger partial charge is 0.368 e. The highest BCUT2D eigenvalue weighted by atomic mass is 16.2. The van der Waals surface area contributed by atoms with Crippen molar-refractivity contribution in [1.29, 1.82) is 0 Å². The first kappa shape index (κ1) is 14.0. The van der Waals surface area contributed by atoms with Crippen LogP contribution in [-0.2, 0) is 9.59 Å². The summed E-state index contributed by atoms with van der Waals surface area (Å²) in [7, 11) is 0. The van der Waals surface area contributed by atoms with Gasteiger partial charge in [0.2, 0.25) is 29.7 Å². The number of anilines is 3. The highest BCUT2D eigenvalue weighted by molar-refractivity contribution is 6.02. The number of imide groups is 1. The second-order valence-corrected chi connectivity index (χ2v) is 4.29. The van der Waals surface area contributed by atoms with Gasteiger partial charge in [-0.2, -0.15) is 15.0 Å². The van der Waals surface area contributed by atoms with E-state index in [0.29, 0.717) is 5.95 Å². The van der Waals surface area contributed by atoms with Gasteiger partial charge in [-0.15, -0.1) is 0 Å². The lowest BCUT2D eigenvalue weighted by molar-refractivity contribution is -0.130. The van der Waals surface area contributed by atoms with E-state index in [1.54, 1.807) is 0 Å². The first-order chi connectivity index (χ1) is 9.53. The summed E-state index contributed by atoms with van der Waals surface area (Å²) in [5, 5.41) is 2.22. The van der Waals surface area contributed by atoms with E-state index in [-0.39, 0.29) is 36.8 Å². The number of amides is 2. The van der Waals surface area contributed by atoms with Gasteiger partial charge in [-0.25, -0.2) is 0 Å². The number of piperazine rings is 1. The van der Waals surface area contributed by atoms with E-state index in [0.717, 1.165) is 13.1 Å². The van der Waals surface area contributed by atoms with Gasteiger partial charge < -0.3 is 15.5 Å². The average molecular weight is 279 g/mol. The molecule has 9 nitrogen and oxygen atoms in total. The SMILES string of the molecule is CCN(CC)c1nc(N)nc(N2CC(=O)NC(=O)C2)n1. The summed E-state index contributed by atoms with van der Waals surface area (Å²) < 4.78 is 0. The lowest BCUT2D eigenvalue weighted by Gasteiger charge is -2.26. The van der Waals surface area contributed by atoms with Crippen LogP contribution in [0.5, 0.6) is 0 Å². The number of aromatic nitrogens is 3. The zero-order chi connectivity index (χ0) is 14.7. The van der Waals surface area contributed by atoms with Gasteiger partial charge >= 0.3 is 0 Å². The Morgan fingerprint density at radius 3 is 2.30 bits per heavy atom. The fourth-order valence-electron chi connectivity index (χ4n) is 1.94. The van der Waals surface area contributed by atoms with Gasteiger partial charge in [0.05, 0.1) is 0 Å². The summed E-state index contributed by atoms with van der Waals surface area (Å²) in [5.74, 6) is -0.0249. The van der Waals surface area contributed by atoms with Gasteiger partial charge in [0.25, 0.3) is 0 Å². The Hall–Kier alpha value is -2.45. The molecule has 108 valence electrons. The molecular formula is C11H17N7O2. The number of nitrogen functional groups attached to an aromatic ring is 1. The van der Waals surface area contributed by atoms with Gasteiger partial charge in [0.1, 0.15) is 13.1 Å². The molecule has 1 aliphatic rings. The molecule has 0 aliphatic carbocycles. The topological polar surface area (TPSA) is 117 Å². The second kappa shape index (κ2) is 5.68. The van der Waals surface area contributed by atoms with E-state index in [2.05, 4.69) is 20.3 Å². The molecule has 3 N–H and O–H groups in total. The Bertz CT molecular complexity index is 514. The molecule has 2 amide bonds. The molecule has 1 aliphatic heterocycles. The smallest absolute Gasteiger partial charge is 0.246 e. The van der Waals surface area contributed by atoms with Gasteiger partial charge in [0.15, 0.2) is 0 Å². The van der Waals surface area contributed by atoms with E-state index >= 15 is 0 Å². The lowest BCUT2D eigenvalue weighted by Crippen LogP contribution is -2.52. The molecule has 1 fully saturated rings. The molecule has 0 atom stereocenters. The fourth-order valence-corrected chi connectivity index (χ4v) is 1.94. The third-order valence-corrected chi connectivity index (χ3v) is 2.91. The number of hydrogen-bond acceptors (Lipinski definition) is 8. The summed E-state index contributed by atoms with van der Waals surface area (Å²) in [6.45, 7) is 5.43. The first-order valence-corrected chi connectivity index (χ1v) is 6.37. The summed E-state index contributed by atoms with van der Waals surface area (Å²) in [6, 6.07) is 0. The summed E-state index contributed by atoms with van der Waals surface area (Å²) >= 11 is 0. The molecule has 0 aromatic carbocycles.